The number of aromatic amines is 1. The van der Waals surface area contributed by atoms with Gasteiger partial charge in [-0.15, -0.1) is 0 Å². The molecule has 1 amide bonds. The highest BCUT2D eigenvalue weighted by atomic mass is 16.1. The molecule has 0 bridgehead atoms. The van der Waals surface area contributed by atoms with Gasteiger partial charge in [0.1, 0.15) is 5.82 Å². The number of para-hydroxylation sites is 1. The van der Waals surface area contributed by atoms with Gasteiger partial charge in [0.15, 0.2) is 0 Å². The van der Waals surface area contributed by atoms with Gasteiger partial charge >= 0.3 is 0 Å². The number of anilines is 3. The Morgan fingerprint density at radius 2 is 1.87 bits per heavy atom. The first-order valence-corrected chi connectivity index (χ1v) is 9.94. The van der Waals surface area contributed by atoms with E-state index in [2.05, 4.69) is 32.7 Å². The molecule has 0 saturated carbocycles. The van der Waals surface area contributed by atoms with Crippen molar-refractivity contribution in [3.63, 3.8) is 0 Å². The predicted octanol–water partition coefficient (Wildman–Crippen LogP) is 4.54. The molecule has 6 nitrogen and oxygen atoms in total. The molecule has 152 valence electrons. The van der Waals surface area contributed by atoms with Crippen LogP contribution in [0.4, 0.5) is 17.2 Å². The number of nitrogens with zero attached hydrogens (tertiary/aromatic N) is 2. The Bertz CT molecular complexity index is 1150. The second-order valence-corrected chi connectivity index (χ2v) is 7.36. The van der Waals surface area contributed by atoms with Gasteiger partial charge in [-0.1, -0.05) is 18.2 Å². The molecule has 0 aliphatic heterocycles. The van der Waals surface area contributed by atoms with Gasteiger partial charge in [0.05, 0.1) is 0 Å². The van der Waals surface area contributed by atoms with Crippen LogP contribution in [0.25, 0.3) is 10.9 Å². The fourth-order valence-corrected chi connectivity index (χ4v) is 3.38. The van der Waals surface area contributed by atoms with Crippen LogP contribution in [0, 0.1) is 0 Å². The number of pyridine rings is 1. The van der Waals surface area contributed by atoms with E-state index in [1.54, 1.807) is 18.3 Å². The quantitative estimate of drug-likeness (QED) is 0.427. The lowest BCUT2D eigenvalue weighted by atomic mass is 10.1. The molecule has 0 aliphatic rings. The number of H-pyrrole nitrogens is 1. The number of carbonyl (C=O) groups excluding carboxylic acids is 1. The topological polar surface area (TPSA) is 73.1 Å². The molecule has 4 rings (SSSR count). The SMILES string of the molecule is CN(C)c1ccc(NC(=O)c2ccnc(NCCc3c[nH]c4ccccc34)c2)cc1. The van der Waals surface area contributed by atoms with Crippen LogP contribution in [-0.2, 0) is 6.42 Å². The Balaban J connectivity index is 1.36. The summed E-state index contributed by atoms with van der Waals surface area (Å²) in [5.41, 5.74) is 4.81. The van der Waals surface area contributed by atoms with Gasteiger partial charge in [-0.25, -0.2) is 4.98 Å². The molecule has 0 fully saturated rings. The average molecular weight is 399 g/mol. The number of rotatable bonds is 7. The number of hydrogen-bond acceptors (Lipinski definition) is 4. The minimum absolute atomic E-state index is 0.158. The zero-order chi connectivity index (χ0) is 20.9. The minimum Gasteiger partial charge on any atom is -0.378 e. The van der Waals surface area contributed by atoms with E-state index >= 15 is 0 Å². The normalized spacial score (nSPS) is 10.7. The summed E-state index contributed by atoms with van der Waals surface area (Å²) in [4.78, 5) is 22.3. The Morgan fingerprint density at radius 3 is 2.67 bits per heavy atom. The zero-order valence-corrected chi connectivity index (χ0v) is 17.1. The first kappa shape index (κ1) is 19.5. The number of benzene rings is 2. The van der Waals surface area contributed by atoms with Gasteiger partial charge in [-0.3, -0.25) is 4.79 Å². The second-order valence-electron chi connectivity index (χ2n) is 7.36. The first-order chi connectivity index (χ1) is 14.6. The van der Waals surface area contributed by atoms with Crippen molar-refractivity contribution >= 4 is 34.0 Å². The largest absolute Gasteiger partial charge is 0.378 e. The molecule has 6 heteroatoms. The molecule has 0 saturated heterocycles. The summed E-state index contributed by atoms with van der Waals surface area (Å²) in [6.45, 7) is 0.728. The third kappa shape index (κ3) is 4.43. The van der Waals surface area contributed by atoms with E-state index in [0.717, 1.165) is 29.9 Å². The van der Waals surface area contributed by atoms with Crippen LogP contribution in [0.3, 0.4) is 0 Å². The summed E-state index contributed by atoms with van der Waals surface area (Å²) >= 11 is 0. The molecule has 2 heterocycles. The maximum absolute atomic E-state index is 12.6. The molecule has 0 unspecified atom stereocenters. The third-order valence-corrected chi connectivity index (χ3v) is 5.04. The lowest BCUT2D eigenvalue weighted by molar-refractivity contribution is 0.102. The molecule has 0 spiro atoms. The van der Waals surface area contributed by atoms with Crippen molar-refractivity contribution in [2.75, 3.05) is 36.2 Å². The molecule has 0 atom stereocenters. The third-order valence-electron chi connectivity index (χ3n) is 5.04. The molecular weight excluding hydrogens is 374 g/mol. The van der Waals surface area contributed by atoms with Crippen LogP contribution < -0.4 is 15.5 Å². The minimum atomic E-state index is -0.158. The molecule has 0 radical (unpaired) electrons. The van der Waals surface area contributed by atoms with Crippen molar-refractivity contribution in [1.29, 1.82) is 0 Å². The van der Waals surface area contributed by atoms with Gasteiger partial charge in [-0.05, 0) is 54.4 Å². The number of aromatic nitrogens is 2. The summed E-state index contributed by atoms with van der Waals surface area (Å²) < 4.78 is 0. The second kappa shape index (κ2) is 8.69. The first-order valence-electron chi connectivity index (χ1n) is 9.94. The fourth-order valence-electron chi connectivity index (χ4n) is 3.38. The predicted molar refractivity (Wildman–Crippen MR) is 123 cm³/mol. The summed E-state index contributed by atoms with van der Waals surface area (Å²) in [5.74, 6) is 0.528. The number of fused-ring (bicyclic) bond motifs is 1. The maximum atomic E-state index is 12.6. The van der Waals surface area contributed by atoms with Crippen LogP contribution in [0.5, 0.6) is 0 Å². The highest BCUT2D eigenvalue weighted by Crippen LogP contribution is 2.19. The number of carbonyl (C=O) groups is 1. The van der Waals surface area contributed by atoms with Gasteiger partial charge in [0, 0.05) is 60.9 Å². The van der Waals surface area contributed by atoms with E-state index in [-0.39, 0.29) is 5.91 Å². The van der Waals surface area contributed by atoms with E-state index in [0.29, 0.717) is 11.4 Å². The summed E-state index contributed by atoms with van der Waals surface area (Å²) in [6.07, 6.45) is 4.56. The highest BCUT2D eigenvalue weighted by Gasteiger charge is 2.08. The summed E-state index contributed by atoms with van der Waals surface area (Å²) in [6, 6.07) is 19.5. The Morgan fingerprint density at radius 1 is 1.07 bits per heavy atom. The highest BCUT2D eigenvalue weighted by molar-refractivity contribution is 6.04. The number of nitrogens with one attached hydrogen (secondary N) is 3. The lowest BCUT2D eigenvalue weighted by Crippen LogP contribution is -2.14. The van der Waals surface area contributed by atoms with E-state index in [1.165, 1.54) is 10.9 Å². The van der Waals surface area contributed by atoms with Crippen molar-refractivity contribution in [3.8, 4) is 0 Å². The van der Waals surface area contributed by atoms with E-state index < -0.39 is 0 Å². The fraction of sp³-hybridized carbons (Fsp3) is 0.167. The van der Waals surface area contributed by atoms with Crippen LogP contribution in [0.2, 0.25) is 0 Å². The molecule has 2 aromatic heterocycles. The standard InChI is InChI=1S/C24H25N5O/c1-29(2)20-9-7-19(8-10-20)28-24(30)17-11-13-25-23(15-17)26-14-12-18-16-27-22-6-4-3-5-21(18)22/h3-11,13,15-16,27H,12,14H2,1-2H3,(H,25,26)(H,28,30). The van der Waals surface area contributed by atoms with Crippen LogP contribution in [-0.4, -0.2) is 36.5 Å². The molecule has 3 N–H and O–H groups in total. The van der Waals surface area contributed by atoms with Gasteiger partial charge < -0.3 is 20.5 Å². The van der Waals surface area contributed by atoms with Crippen molar-refractivity contribution < 1.29 is 4.79 Å². The van der Waals surface area contributed by atoms with Crippen LogP contribution in [0.1, 0.15) is 15.9 Å². The average Bonchev–Trinajstić information content (AvgIpc) is 3.17. The van der Waals surface area contributed by atoms with Crippen molar-refractivity contribution in [2.45, 2.75) is 6.42 Å². The Kier molecular flexibility index (Phi) is 5.66. The smallest absolute Gasteiger partial charge is 0.255 e. The van der Waals surface area contributed by atoms with Crippen LogP contribution in [0.15, 0.2) is 73.1 Å². The Labute approximate surface area is 176 Å². The van der Waals surface area contributed by atoms with E-state index in [1.807, 2.05) is 61.6 Å². The maximum Gasteiger partial charge on any atom is 0.255 e. The molecular formula is C24H25N5O. The van der Waals surface area contributed by atoms with Gasteiger partial charge in [0.2, 0.25) is 0 Å². The number of amides is 1. The summed E-state index contributed by atoms with van der Waals surface area (Å²) in [5, 5.41) is 7.49. The van der Waals surface area contributed by atoms with Crippen molar-refractivity contribution in [2.24, 2.45) is 0 Å². The van der Waals surface area contributed by atoms with Crippen molar-refractivity contribution in [1.82, 2.24) is 9.97 Å². The van der Waals surface area contributed by atoms with E-state index in [9.17, 15) is 4.79 Å². The lowest BCUT2D eigenvalue weighted by Gasteiger charge is -2.13. The molecule has 30 heavy (non-hydrogen) atoms. The van der Waals surface area contributed by atoms with Gasteiger partial charge in [-0.2, -0.15) is 0 Å². The molecule has 0 aliphatic carbocycles. The van der Waals surface area contributed by atoms with Crippen molar-refractivity contribution in [3.05, 3.63) is 84.2 Å². The Hall–Kier alpha value is -3.80. The van der Waals surface area contributed by atoms with E-state index in [4.69, 9.17) is 0 Å². The number of hydrogen-bond donors (Lipinski definition) is 3. The summed E-state index contributed by atoms with van der Waals surface area (Å²) in [7, 11) is 3.97. The van der Waals surface area contributed by atoms with Crippen LogP contribution >= 0.6 is 0 Å². The molecule has 4 aromatic rings. The van der Waals surface area contributed by atoms with Gasteiger partial charge in [0.25, 0.3) is 5.91 Å². The molecule has 2 aromatic carbocycles. The monoisotopic (exact) mass is 399 g/mol. The zero-order valence-electron chi connectivity index (χ0n) is 17.1.